The highest BCUT2D eigenvalue weighted by Gasteiger charge is 2.39. The van der Waals surface area contributed by atoms with Gasteiger partial charge in [-0.3, -0.25) is 4.79 Å². The number of carbonyl (C=O) groups is 3. The van der Waals surface area contributed by atoms with Crippen molar-refractivity contribution in [2.45, 2.75) is 45.1 Å². The summed E-state index contributed by atoms with van der Waals surface area (Å²) in [6.45, 7) is -0.606. The van der Waals surface area contributed by atoms with Crippen molar-refractivity contribution >= 4 is 18.0 Å². The van der Waals surface area contributed by atoms with E-state index in [4.69, 9.17) is 9.57 Å². The first-order valence-corrected chi connectivity index (χ1v) is 9.41. The predicted octanol–water partition coefficient (Wildman–Crippen LogP) is 2.96. The molecule has 1 fully saturated rings. The number of carboxylic acid groups (broad SMARTS) is 1. The van der Waals surface area contributed by atoms with Crippen LogP contribution in [0.15, 0.2) is 24.3 Å². The molecule has 0 spiro atoms. The summed E-state index contributed by atoms with van der Waals surface area (Å²) in [6, 6.07) is 5.93. The molecule has 2 rings (SSSR count). The number of ether oxygens (including phenoxy) is 1. The molecule has 0 aromatic heterocycles. The van der Waals surface area contributed by atoms with Gasteiger partial charge in [0.15, 0.2) is 0 Å². The fourth-order valence-corrected chi connectivity index (χ4v) is 3.67. The third-order valence-corrected chi connectivity index (χ3v) is 5.05. The number of hydroxylamine groups is 2. The van der Waals surface area contributed by atoms with Crippen molar-refractivity contribution in [3.63, 3.8) is 0 Å². The number of amides is 1. The minimum absolute atomic E-state index is 0.0239. The van der Waals surface area contributed by atoms with Crippen LogP contribution in [-0.4, -0.2) is 46.9 Å². The fraction of sp³-hybridized carbons (Fsp3) is 0.526. The molecule has 1 aliphatic rings. The Balaban J connectivity index is 2.22. The lowest BCUT2D eigenvalue weighted by Crippen LogP contribution is -2.44. The first kappa shape index (κ1) is 22.9. The molecule has 0 heterocycles. The summed E-state index contributed by atoms with van der Waals surface area (Å²) in [6.07, 6.45) is 2.58. The van der Waals surface area contributed by atoms with Gasteiger partial charge in [-0.05, 0) is 24.5 Å². The van der Waals surface area contributed by atoms with E-state index in [0.29, 0.717) is 12.8 Å². The van der Waals surface area contributed by atoms with Crippen molar-refractivity contribution < 1.29 is 39.0 Å². The standard InChI is InChI=1S/C19H24N2O9/c1-28-18(25)20(13-19(11-16(22)23)9-5-2-6-10-19)30-17(24)15-8-4-3-7-14(15)12-29-21(26)27/h3-4,7-8H,2,5-6,9-13H2,1H3,(H,22,23). The second kappa shape index (κ2) is 10.4. The predicted molar refractivity (Wildman–Crippen MR) is 101 cm³/mol. The zero-order valence-corrected chi connectivity index (χ0v) is 16.6. The Morgan fingerprint density at radius 2 is 1.87 bits per heavy atom. The smallest absolute Gasteiger partial charge is 0.443 e. The number of carboxylic acids is 1. The van der Waals surface area contributed by atoms with Crippen LogP contribution in [0.4, 0.5) is 4.79 Å². The maximum absolute atomic E-state index is 12.7. The molecule has 0 unspecified atom stereocenters. The topological polar surface area (TPSA) is 146 Å². The van der Waals surface area contributed by atoms with Gasteiger partial charge >= 0.3 is 18.0 Å². The van der Waals surface area contributed by atoms with Gasteiger partial charge in [0, 0.05) is 5.41 Å². The summed E-state index contributed by atoms with van der Waals surface area (Å²) in [5, 5.41) is 19.5. The summed E-state index contributed by atoms with van der Waals surface area (Å²) >= 11 is 0. The van der Waals surface area contributed by atoms with Crippen molar-refractivity contribution in [2.24, 2.45) is 5.41 Å². The van der Waals surface area contributed by atoms with Crippen LogP contribution < -0.4 is 0 Å². The van der Waals surface area contributed by atoms with Crippen molar-refractivity contribution in [2.75, 3.05) is 13.7 Å². The number of aliphatic carboxylic acids is 1. The number of nitrogens with zero attached hydrogens (tertiary/aromatic N) is 2. The summed E-state index contributed by atoms with van der Waals surface area (Å²) in [5.74, 6) is -1.94. The van der Waals surface area contributed by atoms with Gasteiger partial charge < -0.3 is 19.5 Å². The fourth-order valence-electron chi connectivity index (χ4n) is 3.67. The van der Waals surface area contributed by atoms with Crippen LogP contribution in [0.1, 0.15) is 54.4 Å². The molecule has 30 heavy (non-hydrogen) atoms. The first-order valence-electron chi connectivity index (χ1n) is 9.41. The van der Waals surface area contributed by atoms with Crippen LogP contribution in [0.25, 0.3) is 0 Å². The van der Waals surface area contributed by atoms with Crippen molar-refractivity contribution in [3.05, 3.63) is 45.5 Å². The largest absolute Gasteiger partial charge is 0.481 e. The van der Waals surface area contributed by atoms with E-state index in [1.54, 1.807) is 6.07 Å². The Bertz CT molecular complexity index is 790. The average Bonchev–Trinajstić information content (AvgIpc) is 2.71. The Labute approximate surface area is 172 Å². The minimum atomic E-state index is -1.00. The molecule has 11 nitrogen and oxygen atoms in total. The highest BCUT2D eigenvalue weighted by atomic mass is 16.9. The number of hydrogen-bond acceptors (Lipinski definition) is 8. The van der Waals surface area contributed by atoms with Crippen molar-refractivity contribution in [3.8, 4) is 0 Å². The van der Waals surface area contributed by atoms with Gasteiger partial charge in [0.1, 0.15) is 6.61 Å². The molecule has 11 heteroatoms. The molecule has 0 aliphatic heterocycles. The van der Waals surface area contributed by atoms with E-state index >= 15 is 0 Å². The third kappa shape index (κ3) is 6.33. The second-order valence-electron chi connectivity index (χ2n) is 7.17. The van der Waals surface area contributed by atoms with Gasteiger partial charge in [-0.15, -0.1) is 15.2 Å². The molecule has 1 N–H and O–H groups in total. The SMILES string of the molecule is COC(=O)N(CC1(CC(=O)O)CCCCC1)OC(=O)c1ccccc1CO[N+](=O)[O-]. The van der Waals surface area contributed by atoms with Crippen LogP contribution in [0.3, 0.4) is 0 Å². The zero-order valence-electron chi connectivity index (χ0n) is 16.6. The van der Waals surface area contributed by atoms with Gasteiger partial charge in [-0.2, -0.15) is 0 Å². The quantitative estimate of drug-likeness (QED) is 0.491. The molecule has 0 bridgehead atoms. The van der Waals surface area contributed by atoms with E-state index in [2.05, 4.69) is 4.84 Å². The first-order chi connectivity index (χ1) is 14.3. The number of hydrogen-bond donors (Lipinski definition) is 1. The summed E-state index contributed by atoms with van der Waals surface area (Å²) in [7, 11) is 1.12. The molecule has 0 radical (unpaired) electrons. The van der Waals surface area contributed by atoms with E-state index in [0.717, 1.165) is 31.4 Å². The maximum atomic E-state index is 12.7. The molecule has 1 saturated carbocycles. The normalized spacial score (nSPS) is 15.0. The molecule has 1 amide bonds. The van der Waals surface area contributed by atoms with Crippen molar-refractivity contribution in [1.82, 2.24) is 5.06 Å². The lowest BCUT2D eigenvalue weighted by atomic mass is 9.71. The Kier molecular flexibility index (Phi) is 7.96. The highest BCUT2D eigenvalue weighted by molar-refractivity contribution is 5.91. The van der Waals surface area contributed by atoms with E-state index in [1.807, 2.05) is 0 Å². The third-order valence-electron chi connectivity index (χ3n) is 5.05. The van der Waals surface area contributed by atoms with Gasteiger partial charge in [-0.1, -0.05) is 37.5 Å². The van der Waals surface area contributed by atoms with Crippen LogP contribution >= 0.6 is 0 Å². The summed E-state index contributed by atoms with van der Waals surface area (Å²) in [5.41, 5.74) is -0.571. The van der Waals surface area contributed by atoms with Crippen LogP contribution in [0.5, 0.6) is 0 Å². The molecule has 1 aromatic carbocycles. The van der Waals surface area contributed by atoms with Crippen LogP contribution in [0, 0.1) is 15.5 Å². The summed E-state index contributed by atoms with van der Waals surface area (Å²) < 4.78 is 4.70. The number of rotatable bonds is 8. The van der Waals surface area contributed by atoms with Crippen LogP contribution in [-0.2, 0) is 25.8 Å². The number of methoxy groups -OCH3 is 1. The highest BCUT2D eigenvalue weighted by Crippen LogP contribution is 2.40. The second-order valence-corrected chi connectivity index (χ2v) is 7.17. The number of benzene rings is 1. The summed E-state index contributed by atoms with van der Waals surface area (Å²) in [4.78, 5) is 56.4. The van der Waals surface area contributed by atoms with Gasteiger partial charge in [0.25, 0.3) is 5.09 Å². The van der Waals surface area contributed by atoms with Gasteiger partial charge in [0.05, 0.1) is 25.6 Å². The Morgan fingerprint density at radius 1 is 1.20 bits per heavy atom. The van der Waals surface area contributed by atoms with E-state index in [9.17, 15) is 29.6 Å². The molecule has 1 aromatic rings. The lowest BCUT2D eigenvalue weighted by molar-refractivity contribution is -0.763. The molecule has 1 aliphatic carbocycles. The monoisotopic (exact) mass is 424 g/mol. The minimum Gasteiger partial charge on any atom is -0.481 e. The number of carbonyl (C=O) groups excluding carboxylic acids is 2. The lowest BCUT2D eigenvalue weighted by Gasteiger charge is -2.38. The van der Waals surface area contributed by atoms with E-state index < -0.39 is 35.1 Å². The van der Waals surface area contributed by atoms with Gasteiger partial charge in [0.2, 0.25) is 0 Å². The van der Waals surface area contributed by atoms with Gasteiger partial charge in [-0.25, -0.2) is 9.59 Å². The van der Waals surface area contributed by atoms with Crippen LogP contribution in [0.2, 0.25) is 0 Å². The van der Waals surface area contributed by atoms with Crippen molar-refractivity contribution in [1.29, 1.82) is 0 Å². The molecular weight excluding hydrogens is 400 g/mol. The molecular formula is C19H24N2O9. The zero-order chi connectivity index (χ0) is 22.1. The van der Waals surface area contributed by atoms with E-state index in [-0.39, 0.29) is 24.1 Å². The molecule has 164 valence electrons. The average molecular weight is 424 g/mol. The molecule has 0 saturated heterocycles. The Hall–Kier alpha value is -3.37. The van der Waals surface area contributed by atoms with E-state index in [1.165, 1.54) is 18.2 Å². The Morgan fingerprint density at radius 3 is 2.47 bits per heavy atom. The maximum Gasteiger partial charge on any atom is 0.443 e. The molecule has 0 atom stereocenters.